The maximum absolute atomic E-state index is 5.80. The highest BCUT2D eigenvalue weighted by molar-refractivity contribution is 9.10. The number of nitrogens with two attached hydrogens (primary N) is 1. The van der Waals surface area contributed by atoms with Gasteiger partial charge in [-0.05, 0) is 49.7 Å². The number of hydrogen-bond acceptors (Lipinski definition) is 3. The van der Waals surface area contributed by atoms with Crippen molar-refractivity contribution in [2.75, 3.05) is 0 Å². The van der Waals surface area contributed by atoms with Crippen molar-refractivity contribution < 1.29 is 0 Å². The molecule has 0 fully saturated rings. The van der Waals surface area contributed by atoms with Crippen LogP contribution in [0.2, 0.25) is 0 Å². The van der Waals surface area contributed by atoms with E-state index in [4.69, 9.17) is 5.73 Å². The van der Waals surface area contributed by atoms with Crippen molar-refractivity contribution in [2.24, 2.45) is 5.73 Å². The third kappa shape index (κ3) is 4.14. The van der Waals surface area contributed by atoms with E-state index in [1.54, 1.807) is 11.8 Å². The number of halogens is 1. The fourth-order valence-electron chi connectivity index (χ4n) is 1.46. The van der Waals surface area contributed by atoms with Gasteiger partial charge in [-0.3, -0.25) is 0 Å². The SMILES string of the molecule is CC(N)Cc1ccc(Sc2ccc(Br)cc2)s1. The second kappa shape index (κ2) is 6.05. The van der Waals surface area contributed by atoms with Gasteiger partial charge in [0.25, 0.3) is 0 Å². The number of thiophene rings is 1. The van der Waals surface area contributed by atoms with Crippen LogP contribution in [0.25, 0.3) is 0 Å². The summed E-state index contributed by atoms with van der Waals surface area (Å²) in [5.74, 6) is 0. The molecule has 0 amide bonds. The molecule has 0 saturated carbocycles. The molecule has 1 heterocycles. The van der Waals surface area contributed by atoms with Gasteiger partial charge in [-0.15, -0.1) is 11.3 Å². The van der Waals surface area contributed by atoms with Gasteiger partial charge in [-0.2, -0.15) is 0 Å². The maximum atomic E-state index is 5.80. The largest absolute Gasteiger partial charge is 0.328 e. The van der Waals surface area contributed by atoms with Crippen molar-refractivity contribution in [2.45, 2.75) is 28.5 Å². The van der Waals surface area contributed by atoms with Crippen molar-refractivity contribution in [3.05, 3.63) is 45.7 Å². The van der Waals surface area contributed by atoms with Crippen LogP contribution in [0.1, 0.15) is 11.8 Å². The standard InChI is InChI=1S/C13H14BrNS2/c1-9(15)8-12-6-7-13(17-12)16-11-4-2-10(14)3-5-11/h2-7,9H,8,15H2,1H3. The van der Waals surface area contributed by atoms with Crippen molar-refractivity contribution in [3.63, 3.8) is 0 Å². The molecule has 1 unspecified atom stereocenters. The molecule has 0 radical (unpaired) electrons. The van der Waals surface area contributed by atoms with Crippen LogP contribution in [0, 0.1) is 0 Å². The smallest absolute Gasteiger partial charge is 0.0649 e. The minimum absolute atomic E-state index is 0.235. The van der Waals surface area contributed by atoms with Crippen molar-refractivity contribution in [1.82, 2.24) is 0 Å². The summed E-state index contributed by atoms with van der Waals surface area (Å²) in [4.78, 5) is 2.63. The molecule has 0 aliphatic heterocycles. The molecule has 2 N–H and O–H groups in total. The molecule has 2 rings (SSSR count). The van der Waals surface area contributed by atoms with Gasteiger partial charge in [0.1, 0.15) is 0 Å². The molecule has 17 heavy (non-hydrogen) atoms. The molecule has 2 aromatic rings. The predicted octanol–water partition coefficient (Wildman–Crippen LogP) is 4.55. The van der Waals surface area contributed by atoms with Crippen LogP contribution in [-0.4, -0.2) is 6.04 Å². The van der Waals surface area contributed by atoms with Gasteiger partial charge in [-0.1, -0.05) is 27.7 Å². The second-order valence-corrected chi connectivity index (χ2v) is 7.42. The molecule has 0 aliphatic rings. The van der Waals surface area contributed by atoms with Crippen LogP contribution in [0.15, 0.2) is 50.0 Å². The topological polar surface area (TPSA) is 26.0 Å². The first kappa shape index (κ1) is 13.1. The van der Waals surface area contributed by atoms with E-state index in [0.717, 1.165) is 10.9 Å². The lowest BCUT2D eigenvalue weighted by Crippen LogP contribution is -2.16. The van der Waals surface area contributed by atoms with Gasteiger partial charge in [0.15, 0.2) is 0 Å². The molecule has 0 spiro atoms. The summed E-state index contributed by atoms with van der Waals surface area (Å²) >= 11 is 7.07. The van der Waals surface area contributed by atoms with E-state index >= 15 is 0 Å². The minimum atomic E-state index is 0.235. The lowest BCUT2D eigenvalue weighted by atomic mass is 10.2. The zero-order valence-corrected chi connectivity index (χ0v) is 12.7. The monoisotopic (exact) mass is 327 g/mol. The highest BCUT2D eigenvalue weighted by Crippen LogP contribution is 2.34. The van der Waals surface area contributed by atoms with Crippen LogP contribution in [-0.2, 0) is 6.42 Å². The Labute approximate surface area is 119 Å². The van der Waals surface area contributed by atoms with Gasteiger partial charge in [-0.25, -0.2) is 0 Å². The lowest BCUT2D eigenvalue weighted by Gasteiger charge is -2.01. The lowest BCUT2D eigenvalue weighted by molar-refractivity contribution is 0.746. The molecule has 0 aliphatic carbocycles. The van der Waals surface area contributed by atoms with Crippen LogP contribution in [0.5, 0.6) is 0 Å². The third-order valence-corrected chi connectivity index (χ3v) is 4.97. The number of hydrogen-bond donors (Lipinski definition) is 1. The van der Waals surface area contributed by atoms with Crippen molar-refractivity contribution in [1.29, 1.82) is 0 Å². The average Bonchev–Trinajstić information content (AvgIpc) is 2.68. The first-order valence-electron chi connectivity index (χ1n) is 5.41. The van der Waals surface area contributed by atoms with E-state index in [-0.39, 0.29) is 6.04 Å². The molecule has 90 valence electrons. The Morgan fingerprint density at radius 3 is 2.59 bits per heavy atom. The first-order valence-corrected chi connectivity index (χ1v) is 7.84. The molecule has 1 aromatic heterocycles. The fraction of sp³-hybridized carbons (Fsp3) is 0.231. The molecular weight excluding hydrogens is 314 g/mol. The Kier molecular flexibility index (Phi) is 4.68. The van der Waals surface area contributed by atoms with E-state index in [2.05, 4.69) is 52.3 Å². The molecule has 4 heteroatoms. The zero-order valence-electron chi connectivity index (χ0n) is 9.52. The normalized spacial score (nSPS) is 12.6. The Morgan fingerprint density at radius 2 is 1.94 bits per heavy atom. The highest BCUT2D eigenvalue weighted by atomic mass is 79.9. The maximum Gasteiger partial charge on any atom is 0.0649 e. The van der Waals surface area contributed by atoms with Crippen LogP contribution >= 0.6 is 39.0 Å². The summed E-state index contributed by atoms with van der Waals surface area (Å²) in [6, 6.07) is 13.0. The second-order valence-electron chi connectivity index (χ2n) is 3.96. The Morgan fingerprint density at radius 1 is 1.24 bits per heavy atom. The summed E-state index contributed by atoms with van der Waals surface area (Å²) in [5.41, 5.74) is 5.80. The van der Waals surface area contributed by atoms with Crippen LogP contribution in [0.3, 0.4) is 0 Å². The average molecular weight is 328 g/mol. The van der Waals surface area contributed by atoms with Gasteiger partial charge >= 0.3 is 0 Å². The molecule has 0 saturated heterocycles. The van der Waals surface area contributed by atoms with Gasteiger partial charge < -0.3 is 5.73 Å². The zero-order chi connectivity index (χ0) is 12.3. The Balaban J connectivity index is 2.03. The molecule has 1 atom stereocenters. The number of rotatable bonds is 4. The predicted molar refractivity (Wildman–Crippen MR) is 79.9 cm³/mol. The van der Waals surface area contributed by atoms with Gasteiger partial charge in [0.2, 0.25) is 0 Å². The number of benzene rings is 1. The van der Waals surface area contributed by atoms with E-state index < -0.39 is 0 Å². The van der Waals surface area contributed by atoms with Crippen molar-refractivity contribution in [3.8, 4) is 0 Å². The third-order valence-electron chi connectivity index (χ3n) is 2.19. The van der Waals surface area contributed by atoms with E-state index in [9.17, 15) is 0 Å². The van der Waals surface area contributed by atoms with E-state index in [1.165, 1.54) is 14.0 Å². The van der Waals surface area contributed by atoms with Gasteiger partial charge in [0, 0.05) is 20.3 Å². The van der Waals surface area contributed by atoms with Gasteiger partial charge in [0.05, 0.1) is 4.21 Å². The minimum Gasteiger partial charge on any atom is -0.328 e. The molecule has 0 bridgehead atoms. The summed E-state index contributed by atoms with van der Waals surface area (Å²) in [6.07, 6.45) is 0.964. The van der Waals surface area contributed by atoms with Crippen LogP contribution in [0.4, 0.5) is 0 Å². The summed E-state index contributed by atoms with van der Waals surface area (Å²) in [6.45, 7) is 2.04. The van der Waals surface area contributed by atoms with Crippen LogP contribution < -0.4 is 5.73 Å². The Hall–Kier alpha value is -0.290. The Bertz CT molecular complexity index is 476. The van der Waals surface area contributed by atoms with E-state index in [1.807, 2.05) is 18.3 Å². The first-order chi connectivity index (χ1) is 8.13. The summed E-state index contributed by atoms with van der Waals surface area (Å²) < 4.78 is 2.44. The summed E-state index contributed by atoms with van der Waals surface area (Å²) in [7, 11) is 0. The van der Waals surface area contributed by atoms with Crippen molar-refractivity contribution >= 4 is 39.0 Å². The highest BCUT2D eigenvalue weighted by Gasteiger charge is 2.04. The molecule has 1 nitrogen and oxygen atoms in total. The fourth-order valence-corrected chi connectivity index (χ4v) is 4.02. The molecule has 1 aromatic carbocycles. The summed E-state index contributed by atoms with van der Waals surface area (Å²) in [5, 5.41) is 0. The quantitative estimate of drug-likeness (QED) is 0.891. The van der Waals surface area contributed by atoms with E-state index in [0.29, 0.717) is 0 Å². The molecular formula is C13H14BrNS2.